The van der Waals surface area contributed by atoms with Crippen molar-refractivity contribution in [2.75, 3.05) is 12.1 Å². The van der Waals surface area contributed by atoms with Crippen molar-refractivity contribution in [1.29, 1.82) is 0 Å². The van der Waals surface area contributed by atoms with E-state index in [1.807, 2.05) is 0 Å². The number of benzene rings is 2. The number of hydrogen-bond acceptors (Lipinski definition) is 3. The molecule has 1 heterocycles. The van der Waals surface area contributed by atoms with Gasteiger partial charge in [-0.2, -0.15) is 13.2 Å². The van der Waals surface area contributed by atoms with E-state index in [9.17, 15) is 18.0 Å². The first-order valence-electron chi connectivity index (χ1n) is 7.87. The standard InChI is InChI=1S/C18H13BrF3NO3/c19-12-5-11(18(20,21)22)6-13(8-12)23-16(24)17(3-4-17)10-1-2-14-15(7-10)26-9-25-14/h1-2,5-8H,3-4,9H2,(H,23,24). The number of rotatable bonds is 3. The van der Waals surface area contributed by atoms with Gasteiger partial charge in [-0.3, -0.25) is 4.79 Å². The lowest BCUT2D eigenvalue weighted by Gasteiger charge is -2.17. The minimum Gasteiger partial charge on any atom is -0.454 e. The molecule has 1 N–H and O–H groups in total. The zero-order valence-corrected chi connectivity index (χ0v) is 14.9. The van der Waals surface area contributed by atoms with Crippen molar-refractivity contribution in [3.8, 4) is 11.5 Å². The molecular formula is C18H13BrF3NO3. The van der Waals surface area contributed by atoms with E-state index < -0.39 is 17.2 Å². The number of nitrogens with one attached hydrogen (secondary N) is 1. The first-order valence-corrected chi connectivity index (χ1v) is 8.67. The van der Waals surface area contributed by atoms with Crippen LogP contribution in [0, 0.1) is 0 Å². The van der Waals surface area contributed by atoms with Gasteiger partial charge in [0.15, 0.2) is 11.5 Å². The van der Waals surface area contributed by atoms with Gasteiger partial charge in [0.25, 0.3) is 0 Å². The zero-order chi connectivity index (χ0) is 18.5. The molecule has 0 saturated heterocycles. The summed E-state index contributed by atoms with van der Waals surface area (Å²) in [6, 6.07) is 8.65. The van der Waals surface area contributed by atoms with Gasteiger partial charge in [-0.1, -0.05) is 22.0 Å². The summed E-state index contributed by atoms with van der Waals surface area (Å²) in [6.45, 7) is 0.135. The topological polar surface area (TPSA) is 47.6 Å². The molecular weight excluding hydrogens is 415 g/mol. The van der Waals surface area contributed by atoms with E-state index >= 15 is 0 Å². The molecule has 0 atom stereocenters. The predicted octanol–water partition coefficient (Wildman–Crippen LogP) is 4.87. The number of ether oxygens (including phenoxy) is 2. The number of amides is 1. The Hall–Kier alpha value is -2.22. The molecule has 4 nitrogen and oxygen atoms in total. The van der Waals surface area contributed by atoms with Gasteiger partial charge in [0.1, 0.15) is 0 Å². The van der Waals surface area contributed by atoms with Crippen LogP contribution >= 0.6 is 15.9 Å². The molecule has 0 bridgehead atoms. The van der Waals surface area contributed by atoms with Gasteiger partial charge in [-0.15, -0.1) is 0 Å². The Bertz CT molecular complexity index is 894. The molecule has 0 unspecified atom stereocenters. The Morgan fingerprint density at radius 3 is 2.50 bits per heavy atom. The Kier molecular flexibility index (Phi) is 3.91. The highest BCUT2D eigenvalue weighted by Crippen LogP contribution is 2.51. The van der Waals surface area contributed by atoms with Crippen LogP contribution in [0.3, 0.4) is 0 Å². The average molecular weight is 428 g/mol. The Morgan fingerprint density at radius 2 is 1.81 bits per heavy atom. The maximum Gasteiger partial charge on any atom is 0.416 e. The van der Waals surface area contributed by atoms with E-state index in [4.69, 9.17) is 9.47 Å². The number of carbonyl (C=O) groups excluding carboxylic acids is 1. The van der Waals surface area contributed by atoms with E-state index in [1.54, 1.807) is 18.2 Å². The number of alkyl halides is 3. The highest BCUT2D eigenvalue weighted by atomic mass is 79.9. The number of hydrogen-bond donors (Lipinski definition) is 1. The van der Waals surface area contributed by atoms with Crippen LogP contribution < -0.4 is 14.8 Å². The summed E-state index contributed by atoms with van der Waals surface area (Å²) in [5.74, 6) is 0.859. The van der Waals surface area contributed by atoms with E-state index in [1.165, 1.54) is 6.07 Å². The third kappa shape index (κ3) is 3.02. The van der Waals surface area contributed by atoms with Crippen molar-refractivity contribution in [3.05, 3.63) is 52.0 Å². The summed E-state index contributed by atoms with van der Waals surface area (Å²) in [6.07, 6.45) is -3.24. The third-order valence-corrected chi connectivity index (χ3v) is 5.05. The number of anilines is 1. The molecule has 2 aromatic rings. The van der Waals surface area contributed by atoms with Crippen molar-refractivity contribution in [1.82, 2.24) is 0 Å². The number of halogens is 4. The summed E-state index contributed by atoms with van der Waals surface area (Å²) in [5, 5.41) is 2.62. The molecule has 1 saturated carbocycles. The predicted molar refractivity (Wildman–Crippen MR) is 91.3 cm³/mol. The second-order valence-corrected chi connectivity index (χ2v) is 7.25. The maximum atomic E-state index is 13.0. The normalized spacial score (nSPS) is 17.1. The van der Waals surface area contributed by atoms with Gasteiger partial charge in [0.05, 0.1) is 11.0 Å². The summed E-state index contributed by atoms with van der Waals surface area (Å²) >= 11 is 3.06. The van der Waals surface area contributed by atoms with Crippen molar-refractivity contribution in [3.63, 3.8) is 0 Å². The van der Waals surface area contributed by atoms with E-state index in [-0.39, 0.29) is 22.9 Å². The van der Waals surface area contributed by atoms with Crippen LogP contribution in [0.1, 0.15) is 24.0 Å². The minimum atomic E-state index is -4.49. The van der Waals surface area contributed by atoms with Crippen LogP contribution in [0.4, 0.5) is 18.9 Å². The van der Waals surface area contributed by atoms with Crippen LogP contribution in [0.2, 0.25) is 0 Å². The summed E-state index contributed by atoms with van der Waals surface area (Å²) in [4.78, 5) is 12.8. The molecule has 1 amide bonds. The largest absolute Gasteiger partial charge is 0.454 e. The summed E-state index contributed by atoms with van der Waals surface area (Å²) in [5.41, 5.74) is -0.703. The van der Waals surface area contributed by atoms with E-state index in [2.05, 4.69) is 21.2 Å². The monoisotopic (exact) mass is 427 g/mol. The molecule has 2 aromatic carbocycles. The second kappa shape index (κ2) is 5.90. The van der Waals surface area contributed by atoms with Crippen molar-refractivity contribution >= 4 is 27.5 Å². The molecule has 0 radical (unpaired) electrons. The summed E-state index contributed by atoms with van der Waals surface area (Å²) in [7, 11) is 0. The SMILES string of the molecule is O=C(Nc1cc(Br)cc(C(F)(F)F)c1)C1(c2ccc3c(c2)OCO3)CC1. The zero-order valence-electron chi connectivity index (χ0n) is 13.3. The van der Waals surface area contributed by atoms with Crippen molar-refractivity contribution < 1.29 is 27.4 Å². The Balaban J connectivity index is 1.60. The maximum absolute atomic E-state index is 13.0. The van der Waals surface area contributed by atoms with Crippen LogP contribution in [-0.4, -0.2) is 12.7 Å². The third-order valence-electron chi connectivity index (χ3n) is 4.59. The van der Waals surface area contributed by atoms with E-state index in [0.29, 0.717) is 24.3 Å². The highest BCUT2D eigenvalue weighted by molar-refractivity contribution is 9.10. The van der Waals surface area contributed by atoms with Crippen LogP contribution in [0.15, 0.2) is 40.9 Å². The molecule has 26 heavy (non-hydrogen) atoms. The molecule has 2 aliphatic rings. The molecule has 1 fully saturated rings. The molecule has 4 rings (SSSR count). The van der Waals surface area contributed by atoms with Crippen molar-refractivity contribution in [2.45, 2.75) is 24.4 Å². The number of fused-ring (bicyclic) bond motifs is 1. The quantitative estimate of drug-likeness (QED) is 0.760. The van der Waals surface area contributed by atoms with Crippen LogP contribution in [0.5, 0.6) is 11.5 Å². The highest BCUT2D eigenvalue weighted by Gasteiger charge is 2.51. The lowest BCUT2D eigenvalue weighted by atomic mass is 9.94. The Labute approximate surface area is 155 Å². The summed E-state index contributed by atoms with van der Waals surface area (Å²) < 4.78 is 49.7. The molecule has 136 valence electrons. The fourth-order valence-corrected chi connectivity index (χ4v) is 3.54. The molecule has 8 heteroatoms. The second-order valence-electron chi connectivity index (χ2n) is 6.33. The lowest BCUT2D eigenvalue weighted by molar-refractivity contribution is -0.137. The first-order chi connectivity index (χ1) is 12.3. The van der Waals surface area contributed by atoms with Crippen LogP contribution in [-0.2, 0) is 16.4 Å². The van der Waals surface area contributed by atoms with Gasteiger partial charge in [-0.25, -0.2) is 0 Å². The van der Waals surface area contributed by atoms with Gasteiger partial charge in [0.2, 0.25) is 12.7 Å². The lowest BCUT2D eigenvalue weighted by Crippen LogP contribution is -2.28. The average Bonchev–Trinajstić information content (AvgIpc) is 3.25. The Morgan fingerprint density at radius 1 is 1.08 bits per heavy atom. The number of carbonyl (C=O) groups is 1. The van der Waals surface area contributed by atoms with Gasteiger partial charge >= 0.3 is 6.18 Å². The smallest absolute Gasteiger partial charge is 0.416 e. The van der Waals surface area contributed by atoms with Gasteiger partial charge in [-0.05, 0) is 48.7 Å². The molecule has 0 spiro atoms. The van der Waals surface area contributed by atoms with Gasteiger partial charge < -0.3 is 14.8 Å². The van der Waals surface area contributed by atoms with Crippen LogP contribution in [0.25, 0.3) is 0 Å². The molecule has 1 aliphatic heterocycles. The van der Waals surface area contributed by atoms with Crippen molar-refractivity contribution in [2.24, 2.45) is 0 Å². The molecule has 0 aromatic heterocycles. The fraction of sp³-hybridized carbons (Fsp3) is 0.278. The van der Waals surface area contributed by atoms with Gasteiger partial charge in [0, 0.05) is 10.2 Å². The van der Waals surface area contributed by atoms with E-state index in [0.717, 1.165) is 17.7 Å². The molecule has 1 aliphatic carbocycles. The fourth-order valence-electron chi connectivity index (χ4n) is 3.04. The first kappa shape index (κ1) is 17.2. The minimum absolute atomic E-state index is 0.101.